The van der Waals surface area contributed by atoms with E-state index in [0.717, 1.165) is 8.78 Å². The third-order valence-electron chi connectivity index (χ3n) is 4.28. The predicted molar refractivity (Wildman–Crippen MR) is 94.1 cm³/mol. The Morgan fingerprint density at radius 1 is 1.27 bits per heavy atom. The van der Waals surface area contributed by atoms with Crippen LogP contribution >= 0.6 is 31.9 Å². The van der Waals surface area contributed by atoms with Gasteiger partial charge in [0.25, 0.3) is 0 Å². The van der Waals surface area contributed by atoms with Crippen molar-refractivity contribution in [1.82, 2.24) is 4.98 Å². The lowest BCUT2D eigenvalue weighted by molar-refractivity contribution is -0.136. The van der Waals surface area contributed by atoms with Gasteiger partial charge in [0.15, 0.2) is 5.75 Å². The maximum Gasteiger partial charge on any atom is 0.315 e. The van der Waals surface area contributed by atoms with E-state index < -0.39 is 0 Å². The molecule has 0 unspecified atom stereocenters. The summed E-state index contributed by atoms with van der Waals surface area (Å²) in [6.45, 7) is 4.15. The second-order valence-electron chi connectivity index (χ2n) is 6.03. The largest absolute Gasteiger partial charge is 0.424 e. The Hall–Kier alpha value is -1.20. The standard InChI is InChI=1S/C17H15Br2NO2/c1-17(2)11(9-13(18)19)14(17)16(21)22-12-7-3-5-10-6-4-8-20-15(10)12/h3-9,11,14H,1-2H3/t11-,14-/m0/s1. The van der Waals surface area contributed by atoms with Crippen LogP contribution in [0.25, 0.3) is 10.9 Å². The lowest BCUT2D eigenvalue weighted by atomic mass is 10.1. The number of nitrogens with zero attached hydrogens (tertiary/aromatic N) is 1. The molecule has 22 heavy (non-hydrogen) atoms. The lowest BCUT2D eigenvalue weighted by Gasteiger charge is -2.07. The zero-order valence-corrected chi connectivity index (χ0v) is 15.4. The number of pyridine rings is 1. The molecule has 3 rings (SSSR count). The van der Waals surface area contributed by atoms with Gasteiger partial charge < -0.3 is 4.74 Å². The summed E-state index contributed by atoms with van der Waals surface area (Å²) in [6.07, 6.45) is 3.71. The van der Waals surface area contributed by atoms with Gasteiger partial charge in [-0.1, -0.05) is 38.1 Å². The van der Waals surface area contributed by atoms with Gasteiger partial charge in [0, 0.05) is 11.6 Å². The molecule has 0 bridgehead atoms. The zero-order valence-electron chi connectivity index (χ0n) is 12.2. The Kier molecular flexibility index (Phi) is 4.12. The molecule has 0 saturated heterocycles. The molecule has 2 aromatic rings. The van der Waals surface area contributed by atoms with E-state index in [1.165, 1.54) is 0 Å². The third-order valence-corrected chi connectivity index (χ3v) is 4.81. The molecule has 1 heterocycles. The lowest BCUT2D eigenvalue weighted by Crippen LogP contribution is -2.14. The molecule has 114 valence electrons. The smallest absolute Gasteiger partial charge is 0.315 e. The van der Waals surface area contributed by atoms with Crippen molar-refractivity contribution in [2.45, 2.75) is 13.8 Å². The molecular weight excluding hydrogens is 410 g/mol. The molecule has 1 aromatic heterocycles. The highest BCUT2D eigenvalue weighted by molar-refractivity contribution is 9.28. The number of carbonyl (C=O) groups excluding carboxylic acids is 1. The number of ether oxygens (including phenoxy) is 1. The molecule has 0 spiro atoms. The second-order valence-corrected chi connectivity index (χ2v) is 8.81. The van der Waals surface area contributed by atoms with E-state index in [2.05, 4.69) is 50.7 Å². The summed E-state index contributed by atoms with van der Waals surface area (Å²) in [5, 5.41) is 0.961. The Bertz CT molecular complexity index is 761. The number of rotatable bonds is 3. The SMILES string of the molecule is CC1(C)[C@H](C(=O)Oc2cccc3cccnc23)[C@@H]1C=C(Br)Br. The van der Waals surface area contributed by atoms with Gasteiger partial charge in [-0.3, -0.25) is 9.78 Å². The van der Waals surface area contributed by atoms with Crippen LogP contribution in [-0.4, -0.2) is 11.0 Å². The van der Waals surface area contributed by atoms with Gasteiger partial charge in [-0.25, -0.2) is 0 Å². The summed E-state index contributed by atoms with van der Waals surface area (Å²) in [5.74, 6) is 0.338. The normalized spacial score (nSPS) is 22.2. The van der Waals surface area contributed by atoms with E-state index in [1.54, 1.807) is 12.3 Å². The number of hydrogen-bond donors (Lipinski definition) is 0. The molecule has 1 aromatic carbocycles. The number of para-hydroxylation sites is 1. The highest BCUT2D eigenvalue weighted by Gasteiger charge is 2.61. The Labute approximate surface area is 146 Å². The minimum atomic E-state index is -0.203. The van der Waals surface area contributed by atoms with Gasteiger partial charge in [0.2, 0.25) is 0 Å². The molecule has 1 aliphatic carbocycles. The van der Waals surface area contributed by atoms with E-state index in [1.807, 2.05) is 30.3 Å². The summed E-state index contributed by atoms with van der Waals surface area (Å²) >= 11 is 6.72. The molecule has 1 aliphatic rings. The average molecular weight is 425 g/mol. The first-order valence-corrected chi connectivity index (χ1v) is 8.58. The number of esters is 1. The van der Waals surface area contributed by atoms with Gasteiger partial charge >= 0.3 is 5.97 Å². The van der Waals surface area contributed by atoms with Gasteiger partial charge in [0.05, 0.1) is 9.31 Å². The molecule has 2 atom stereocenters. The molecule has 0 N–H and O–H groups in total. The van der Waals surface area contributed by atoms with Crippen molar-refractivity contribution < 1.29 is 9.53 Å². The van der Waals surface area contributed by atoms with Crippen LogP contribution in [0.2, 0.25) is 0 Å². The van der Waals surface area contributed by atoms with Crippen LogP contribution in [-0.2, 0) is 4.79 Å². The van der Waals surface area contributed by atoms with Gasteiger partial charge in [-0.05, 0) is 55.3 Å². The van der Waals surface area contributed by atoms with Gasteiger partial charge in [-0.2, -0.15) is 0 Å². The van der Waals surface area contributed by atoms with Crippen LogP contribution in [0.3, 0.4) is 0 Å². The molecule has 1 fully saturated rings. The zero-order chi connectivity index (χ0) is 15.9. The van der Waals surface area contributed by atoms with Crippen molar-refractivity contribution in [2.75, 3.05) is 0 Å². The molecule has 0 amide bonds. The molecule has 5 heteroatoms. The van der Waals surface area contributed by atoms with Crippen molar-refractivity contribution >= 4 is 48.7 Å². The first-order chi connectivity index (χ1) is 10.4. The fourth-order valence-electron chi connectivity index (χ4n) is 2.91. The van der Waals surface area contributed by atoms with Crippen LogP contribution < -0.4 is 4.74 Å². The van der Waals surface area contributed by atoms with Crippen LogP contribution in [0, 0.1) is 17.3 Å². The number of aromatic nitrogens is 1. The number of fused-ring (bicyclic) bond motifs is 1. The van der Waals surface area contributed by atoms with E-state index >= 15 is 0 Å². The van der Waals surface area contributed by atoms with Crippen LogP contribution in [0.15, 0.2) is 46.0 Å². The summed E-state index contributed by atoms with van der Waals surface area (Å²) in [4.78, 5) is 16.8. The van der Waals surface area contributed by atoms with Gasteiger partial charge in [0.1, 0.15) is 5.52 Å². The van der Waals surface area contributed by atoms with Crippen molar-refractivity contribution in [1.29, 1.82) is 0 Å². The fraction of sp³-hybridized carbons (Fsp3) is 0.294. The van der Waals surface area contributed by atoms with Crippen molar-refractivity contribution in [2.24, 2.45) is 17.3 Å². The van der Waals surface area contributed by atoms with Crippen LogP contribution in [0.1, 0.15) is 13.8 Å². The van der Waals surface area contributed by atoms with Crippen LogP contribution in [0.5, 0.6) is 5.75 Å². The first-order valence-electron chi connectivity index (χ1n) is 6.99. The predicted octanol–water partition coefficient (Wildman–Crippen LogP) is 5.04. The third kappa shape index (κ3) is 2.84. The second kappa shape index (κ2) is 5.78. The van der Waals surface area contributed by atoms with E-state index in [-0.39, 0.29) is 23.2 Å². The van der Waals surface area contributed by atoms with Crippen LogP contribution in [0.4, 0.5) is 0 Å². The molecular formula is C17H15Br2NO2. The minimum Gasteiger partial charge on any atom is -0.424 e. The topological polar surface area (TPSA) is 39.2 Å². The minimum absolute atomic E-state index is 0.0954. The number of carbonyl (C=O) groups is 1. The van der Waals surface area contributed by atoms with Crippen molar-refractivity contribution in [3.05, 3.63) is 46.0 Å². The Morgan fingerprint density at radius 2 is 2.00 bits per heavy atom. The summed E-state index contributed by atoms with van der Waals surface area (Å²) < 4.78 is 6.50. The maximum atomic E-state index is 12.5. The van der Waals surface area contributed by atoms with Crippen molar-refractivity contribution in [3.8, 4) is 5.75 Å². The van der Waals surface area contributed by atoms with E-state index in [9.17, 15) is 4.79 Å². The number of allylic oxidation sites excluding steroid dienone is 1. The quantitative estimate of drug-likeness (QED) is 0.511. The summed E-state index contributed by atoms with van der Waals surface area (Å²) in [6, 6.07) is 9.43. The molecule has 3 nitrogen and oxygen atoms in total. The van der Waals surface area contributed by atoms with Crippen molar-refractivity contribution in [3.63, 3.8) is 0 Å². The fourth-order valence-corrected chi connectivity index (χ4v) is 3.47. The summed E-state index contributed by atoms with van der Waals surface area (Å²) in [7, 11) is 0. The molecule has 0 radical (unpaired) electrons. The highest BCUT2D eigenvalue weighted by Crippen LogP contribution is 2.60. The maximum absolute atomic E-state index is 12.5. The van der Waals surface area contributed by atoms with E-state index in [0.29, 0.717) is 11.3 Å². The molecule has 1 saturated carbocycles. The van der Waals surface area contributed by atoms with E-state index in [4.69, 9.17) is 4.74 Å². The monoisotopic (exact) mass is 423 g/mol. The average Bonchev–Trinajstić information content (AvgIpc) is 2.99. The Balaban J connectivity index is 1.84. The first kappa shape index (κ1) is 15.7. The number of hydrogen-bond acceptors (Lipinski definition) is 3. The number of halogens is 2. The molecule has 0 aliphatic heterocycles. The highest BCUT2D eigenvalue weighted by atomic mass is 79.9. The Morgan fingerprint density at radius 3 is 2.73 bits per heavy atom. The summed E-state index contributed by atoms with van der Waals surface area (Å²) in [5.41, 5.74) is 0.618. The number of benzene rings is 1. The van der Waals surface area contributed by atoms with Gasteiger partial charge in [-0.15, -0.1) is 0 Å².